The van der Waals surface area contributed by atoms with Crippen LogP contribution < -0.4 is 0 Å². The van der Waals surface area contributed by atoms with Crippen LogP contribution in [0.25, 0.3) is 22.5 Å². The highest BCUT2D eigenvalue weighted by Gasteiger charge is 2.20. The quantitative estimate of drug-likeness (QED) is 0.718. The van der Waals surface area contributed by atoms with Crippen molar-refractivity contribution in [1.29, 1.82) is 0 Å². The van der Waals surface area contributed by atoms with Crippen molar-refractivity contribution in [2.75, 3.05) is 0 Å². The first-order chi connectivity index (χ1) is 11.5. The van der Waals surface area contributed by atoms with Gasteiger partial charge in [0.1, 0.15) is 11.4 Å². The minimum Gasteiger partial charge on any atom is -0.504 e. The van der Waals surface area contributed by atoms with Gasteiger partial charge in [0.2, 0.25) is 0 Å². The molecular formula is C21H24N2O. The molecule has 3 nitrogen and oxygen atoms in total. The van der Waals surface area contributed by atoms with Gasteiger partial charge in [0, 0.05) is 17.7 Å². The maximum Gasteiger partial charge on any atom is 0.169 e. The number of hydrogen-bond acceptors (Lipinski definition) is 2. The zero-order valence-electron chi connectivity index (χ0n) is 14.7. The summed E-state index contributed by atoms with van der Waals surface area (Å²) in [5.41, 5.74) is 5.74. The van der Waals surface area contributed by atoms with E-state index in [0.29, 0.717) is 11.6 Å². The van der Waals surface area contributed by atoms with E-state index in [0.717, 1.165) is 23.4 Å². The molecule has 2 aromatic carbocycles. The van der Waals surface area contributed by atoms with Gasteiger partial charge in [-0.25, -0.2) is 0 Å². The average molecular weight is 320 g/mol. The Kier molecular flexibility index (Phi) is 4.43. The summed E-state index contributed by atoms with van der Waals surface area (Å²) in [5, 5.41) is 15.6. The molecule has 1 aromatic heterocycles. The second-order valence-electron chi connectivity index (χ2n) is 6.86. The molecule has 124 valence electrons. The van der Waals surface area contributed by atoms with E-state index in [4.69, 9.17) is 5.10 Å². The molecule has 0 unspecified atom stereocenters. The number of hydrogen-bond donors (Lipinski definition) is 1. The minimum atomic E-state index is 0.255. The van der Waals surface area contributed by atoms with Gasteiger partial charge in [-0.15, -0.1) is 0 Å². The highest BCUT2D eigenvalue weighted by molar-refractivity contribution is 5.78. The van der Waals surface area contributed by atoms with Crippen molar-refractivity contribution in [3.8, 4) is 28.3 Å². The van der Waals surface area contributed by atoms with E-state index in [1.165, 1.54) is 11.1 Å². The summed E-state index contributed by atoms with van der Waals surface area (Å²) in [6.07, 6.45) is 0. The number of aryl methyl sites for hydroxylation is 2. The molecule has 0 aliphatic heterocycles. The van der Waals surface area contributed by atoms with Gasteiger partial charge in [-0.1, -0.05) is 67.4 Å². The molecule has 0 radical (unpaired) electrons. The van der Waals surface area contributed by atoms with Gasteiger partial charge in [0.15, 0.2) is 5.75 Å². The Labute approximate surface area is 143 Å². The zero-order valence-corrected chi connectivity index (χ0v) is 14.7. The van der Waals surface area contributed by atoms with E-state index >= 15 is 0 Å². The fraction of sp³-hybridized carbons (Fsp3) is 0.286. The molecule has 0 fully saturated rings. The van der Waals surface area contributed by atoms with Crippen molar-refractivity contribution in [2.45, 2.75) is 34.2 Å². The fourth-order valence-corrected chi connectivity index (χ4v) is 2.91. The zero-order chi connectivity index (χ0) is 17.3. The lowest BCUT2D eigenvalue weighted by Crippen LogP contribution is -2.07. The first-order valence-electron chi connectivity index (χ1n) is 8.39. The molecule has 24 heavy (non-hydrogen) atoms. The molecule has 0 aliphatic carbocycles. The molecule has 3 rings (SSSR count). The van der Waals surface area contributed by atoms with E-state index in [-0.39, 0.29) is 5.75 Å². The van der Waals surface area contributed by atoms with E-state index in [2.05, 4.69) is 39.8 Å². The number of benzene rings is 2. The molecule has 0 bridgehead atoms. The Hall–Kier alpha value is -2.55. The summed E-state index contributed by atoms with van der Waals surface area (Å²) in [5.74, 6) is 0.698. The molecule has 0 amide bonds. The third-order valence-electron chi connectivity index (χ3n) is 4.08. The van der Waals surface area contributed by atoms with Crippen LogP contribution in [-0.4, -0.2) is 14.9 Å². The van der Waals surface area contributed by atoms with Crippen LogP contribution >= 0.6 is 0 Å². The number of aromatic hydroxyl groups is 1. The summed E-state index contributed by atoms with van der Waals surface area (Å²) in [6, 6.07) is 16.3. The summed E-state index contributed by atoms with van der Waals surface area (Å²) < 4.78 is 1.93. The van der Waals surface area contributed by atoms with E-state index < -0.39 is 0 Å². The predicted molar refractivity (Wildman–Crippen MR) is 99.1 cm³/mol. The van der Waals surface area contributed by atoms with E-state index in [9.17, 15) is 5.11 Å². The Morgan fingerprint density at radius 3 is 2.29 bits per heavy atom. The van der Waals surface area contributed by atoms with Gasteiger partial charge in [-0.05, 0) is 25.8 Å². The van der Waals surface area contributed by atoms with Crippen molar-refractivity contribution < 1.29 is 5.11 Å². The molecule has 3 aromatic rings. The average Bonchev–Trinajstić information content (AvgIpc) is 2.84. The number of aromatic nitrogens is 2. The Balaban J connectivity index is 2.17. The maximum atomic E-state index is 10.9. The summed E-state index contributed by atoms with van der Waals surface area (Å²) in [6.45, 7) is 9.20. The van der Waals surface area contributed by atoms with Crippen LogP contribution in [0.4, 0.5) is 0 Å². The largest absolute Gasteiger partial charge is 0.504 e. The van der Waals surface area contributed by atoms with Crippen LogP contribution in [0.5, 0.6) is 5.75 Å². The fourth-order valence-electron chi connectivity index (χ4n) is 2.91. The Bertz CT molecular complexity index is 845. The molecule has 0 atom stereocenters. The molecule has 0 spiro atoms. The van der Waals surface area contributed by atoms with E-state index in [1.807, 2.05) is 41.1 Å². The molecule has 0 aliphatic rings. The van der Waals surface area contributed by atoms with Crippen molar-refractivity contribution in [3.05, 3.63) is 59.7 Å². The van der Waals surface area contributed by atoms with Crippen molar-refractivity contribution in [1.82, 2.24) is 9.78 Å². The lowest BCUT2D eigenvalue weighted by atomic mass is 10.0. The minimum absolute atomic E-state index is 0.255. The normalized spacial score (nSPS) is 11.2. The lowest BCUT2D eigenvalue weighted by Gasteiger charge is -2.10. The Morgan fingerprint density at radius 1 is 0.958 bits per heavy atom. The molecule has 1 heterocycles. The van der Waals surface area contributed by atoms with Gasteiger partial charge in [-0.2, -0.15) is 5.10 Å². The van der Waals surface area contributed by atoms with Gasteiger partial charge in [0.25, 0.3) is 0 Å². The first kappa shape index (κ1) is 16.3. The molecular weight excluding hydrogens is 296 g/mol. The van der Waals surface area contributed by atoms with Gasteiger partial charge >= 0.3 is 0 Å². The van der Waals surface area contributed by atoms with Crippen LogP contribution in [0.3, 0.4) is 0 Å². The number of nitrogens with zero attached hydrogens (tertiary/aromatic N) is 2. The van der Waals surface area contributed by atoms with Crippen molar-refractivity contribution in [2.24, 2.45) is 5.92 Å². The topological polar surface area (TPSA) is 38.0 Å². The summed E-state index contributed by atoms with van der Waals surface area (Å²) in [7, 11) is 0. The molecule has 3 heteroatoms. The smallest absolute Gasteiger partial charge is 0.169 e. The third-order valence-corrected chi connectivity index (χ3v) is 4.08. The lowest BCUT2D eigenvalue weighted by molar-refractivity contribution is 0.468. The predicted octanol–water partition coefficient (Wildman–Crippen LogP) is 5.20. The highest BCUT2D eigenvalue weighted by Crippen LogP contribution is 2.38. The monoisotopic (exact) mass is 320 g/mol. The van der Waals surface area contributed by atoms with Gasteiger partial charge in [0.05, 0.1) is 0 Å². The SMILES string of the molecule is Cc1ccc(-c2nn(CC(C)C)c(-c3cccc(C)c3)c2O)cc1. The van der Waals surface area contributed by atoms with Crippen molar-refractivity contribution >= 4 is 0 Å². The van der Waals surface area contributed by atoms with Crippen molar-refractivity contribution in [3.63, 3.8) is 0 Å². The van der Waals surface area contributed by atoms with Gasteiger partial charge < -0.3 is 5.11 Å². The van der Waals surface area contributed by atoms with Gasteiger partial charge in [-0.3, -0.25) is 4.68 Å². The second kappa shape index (κ2) is 6.52. The maximum absolute atomic E-state index is 10.9. The van der Waals surface area contributed by atoms with Crippen LogP contribution in [0.2, 0.25) is 0 Å². The highest BCUT2D eigenvalue weighted by atomic mass is 16.3. The van der Waals surface area contributed by atoms with E-state index in [1.54, 1.807) is 0 Å². The number of rotatable bonds is 4. The van der Waals surface area contributed by atoms with Crippen LogP contribution in [0.15, 0.2) is 48.5 Å². The summed E-state index contributed by atoms with van der Waals surface area (Å²) in [4.78, 5) is 0. The standard InChI is InChI=1S/C21H24N2O/c1-14(2)13-23-20(18-7-5-6-16(4)12-18)21(24)19(22-23)17-10-8-15(3)9-11-17/h5-12,14,24H,13H2,1-4H3. The second-order valence-corrected chi connectivity index (χ2v) is 6.86. The van der Waals surface area contributed by atoms with Crippen LogP contribution in [-0.2, 0) is 6.54 Å². The molecule has 0 saturated heterocycles. The third kappa shape index (κ3) is 3.21. The van der Waals surface area contributed by atoms with Crippen LogP contribution in [0.1, 0.15) is 25.0 Å². The first-order valence-corrected chi connectivity index (χ1v) is 8.39. The van der Waals surface area contributed by atoms with Crippen LogP contribution in [0, 0.1) is 19.8 Å². The summed E-state index contributed by atoms with van der Waals surface area (Å²) >= 11 is 0. The molecule has 1 N–H and O–H groups in total. The molecule has 0 saturated carbocycles. The Morgan fingerprint density at radius 2 is 1.67 bits per heavy atom.